The zero-order valence-corrected chi connectivity index (χ0v) is 11.7. The summed E-state index contributed by atoms with van der Waals surface area (Å²) in [6.45, 7) is 2.84. The summed E-state index contributed by atoms with van der Waals surface area (Å²) in [5, 5.41) is 12.5. The third kappa shape index (κ3) is 2.71. The van der Waals surface area contributed by atoms with Crippen molar-refractivity contribution in [3.05, 3.63) is 35.9 Å². The Morgan fingerprint density at radius 2 is 2.14 bits per heavy atom. The maximum absolute atomic E-state index is 12.6. The van der Waals surface area contributed by atoms with Crippen LogP contribution in [-0.2, 0) is 4.79 Å². The molecule has 2 aliphatic heterocycles. The van der Waals surface area contributed by atoms with Gasteiger partial charge in [-0.25, -0.2) is 4.79 Å². The highest BCUT2D eigenvalue weighted by atomic mass is 16.4. The number of carboxylic acid groups (broad SMARTS) is 1. The highest BCUT2D eigenvalue weighted by molar-refractivity contribution is 5.79. The summed E-state index contributed by atoms with van der Waals surface area (Å²) < 4.78 is 0. The van der Waals surface area contributed by atoms with Gasteiger partial charge in [0.05, 0.1) is 18.5 Å². The number of benzene rings is 1. The van der Waals surface area contributed by atoms with Crippen molar-refractivity contribution in [3.8, 4) is 0 Å². The van der Waals surface area contributed by atoms with Crippen LogP contribution in [0.25, 0.3) is 0 Å². The van der Waals surface area contributed by atoms with Gasteiger partial charge in [-0.1, -0.05) is 30.3 Å². The molecular formula is C15H19N3O3. The van der Waals surface area contributed by atoms with Crippen molar-refractivity contribution < 1.29 is 14.7 Å². The van der Waals surface area contributed by atoms with E-state index in [1.54, 1.807) is 4.90 Å². The van der Waals surface area contributed by atoms with Gasteiger partial charge in [0.1, 0.15) is 0 Å². The summed E-state index contributed by atoms with van der Waals surface area (Å²) in [7, 11) is 0. The van der Waals surface area contributed by atoms with Gasteiger partial charge in [-0.3, -0.25) is 4.79 Å². The van der Waals surface area contributed by atoms with Crippen LogP contribution in [0.2, 0.25) is 0 Å². The molecule has 0 aliphatic carbocycles. The SMILES string of the molecule is O=C(O)CC(c1ccccc1)N1C[C@@H]2CNCCN2C1=O. The largest absolute Gasteiger partial charge is 0.481 e. The lowest BCUT2D eigenvalue weighted by Crippen LogP contribution is -2.49. The number of fused-ring (bicyclic) bond motifs is 1. The number of piperazine rings is 1. The lowest BCUT2D eigenvalue weighted by molar-refractivity contribution is -0.138. The van der Waals surface area contributed by atoms with Gasteiger partial charge < -0.3 is 20.2 Å². The molecule has 1 unspecified atom stereocenters. The molecule has 2 aliphatic rings. The first kappa shape index (κ1) is 13.9. The molecule has 2 atom stereocenters. The van der Waals surface area contributed by atoms with Gasteiger partial charge in [0.15, 0.2) is 0 Å². The normalized spacial score (nSPS) is 23.0. The van der Waals surface area contributed by atoms with Gasteiger partial charge >= 0.3 is 12.0 Å². The first-order valence-corrected chi connectivity index (χ1v) is 7.21. The fourth-order valence-corrected chi connectivity index (χ4v) is 3.16. The summed E-state index contributed by atoms with van der Waals surface area (Å²) in [6, 6.07) is 9.11. The Morgan fingerprint density at radius 1 is 1.38 bits per heavy atom. The van der Waals surface area contributed by atoms with Crippen molar-refractivity contribution in [2.45, 2.75) is 18.5 Å². The van der Waals surface area contributed by atoms with Crippen LogP contribution in [0.15, 0.2) is 30.3 Å². The highest BCUT2D eigenvalue weighted by Crippen LogP contribution is 2.30. The van der Waals surface area contributed by atoms with Crippen LogP contribution in [0.4, 0.5) is 4.79 Å². The van der Waals surface area contributed by atoms with Gasteiger partial charge in [0.25, 0.3) is 0 Å². The molecule has 0 aromatic heterocycles. The molecule has 6 heteroatoms. The zero-order chi connectivity index (χ0) is 14.8. The first-order chi connectivity index (χ1) is 10.2. The number of urea groups is 1. The number of nitrogens with one attached hydrogen (secondary N) is 1. The molecule has 0 bridgehead atoms. The van der Waals surface area contributed by atoms with E-state index in [1.165, 1.54) is 0 Å². The Hall–Kier alpha value is -2.08. The van der Waals surface area contributed by atoms with E-state index in [4.69, 9.17) is 0 Å². The molecule has 1 aromatic carbocycles. The van der Waals surface area contributed by atoms with Crippen LogP contribution < -0.4 is 5.32 Å². The number of carboxylic acids is 1. The predicted octanol–water partition coefficient (Wildman–Crippen LogP) is 0.912. The highest BCUT2D eigenvalue weighted by Gasteiger charge is 2.42. The van der Waals surface area contributed by atoms with Crippen molar-refractivity contribution in [1.29, 1.82) is 0 Å². The van der Waals surface area contributed by atoms with Gasteiger partial charge in [-0.05, 0) is 5.56 Å². The third-order valence-electron chi connectivity index (χ3n) is 4.18. The lowest BCUT2D eigenvalue weighted by atomic mass is 10.0. The minimum Gasteiger partial charge on any atom is -0.481 e. The number of aliphatic carboxylic acids is 1. The maximum atomic E-state index is 12.6. The van der Waals surface area contributed by atoms with E-state index < -0.39 is 12.0 Å². The van der Waals surface area contributed by atoms with E-state index in [-0.39, 0.29) is 18.5 Å². The quantitative estimate of drug-likeness (QED) is 0.864. The number of carbonyl (C=O) groups is 2. The van der Waals surface area contributed by atoms with Crippen LogP contribution in [0.3, 0.4) is 0 Å². The fourth-order valence-electron chi connectivity index (χ4n) is 3.16. The number of carbonyl (C=O) groups excluding carboxylic acids is 1. The summed E-state index contributed by atoms with van der Waals surface area (Å²) in [4.78, 5) is 27.3. The van der Waals surface area contributed by atoms with E-state index in [0.29, 0.717) is 13.1 Å². The average molecular weight is 289 g/mol. The van der Waals surface area contributed by atoms with Crippen LogP contribution >= 0.6 is 0 Å². The van der Waals surface area contributed by atoms with Gasteiger partial charge in [0.2, 0.25) is 0 Å². The number of hydrogen-bond donors (Lipinski definition) is 2. The Balaban J connectivity index is 1.86. The molecule has 112 valence electrons. The number of amides is 2. The van der Waals surface area contributed by atoms with Crippen LogP contribution in [0.5, 0.6) is 0 Å². The van der Waals surface area contributed by atoms with Crippen molar-refractivity contribution >= 4 is 12.0 Å². The molecule has 21 heavy (non-hydrogen) atoms. The third-order valence-corrected chi connectivity index (χ3v) is 4.18. The molecule has 2 N–H and O–H groups in total. The molecule has 0 radical (unpaired) electrons. The van der Waals surface area contributed by atoms with Crippen LogP contribution in [0, 0.1) is 0 Å². The van der Waals surface area contributed by atoms with E-state index in [2.05, 4.69) is 5.32 Å². The topological polar surface area (TPSA) is 72.9 Å². The van der Waals surface area contributed by atoms with Gasteiger partial charge in [-0.2, -0.15) is 0 Å². The lowest BCUT2D eigenvalue weighted by Gasteiger charge is -2.29. The molecule has 6 nitrogen and oxygen atoms in total. The Kier molecular flexibility index (Phi) is 3.79. The molecule has 2 saturated heterocycles. The minimum atomic E-state index is -0.889. The van der Waals surface area contributed by atoms with E-state index >= 15 is 0 Å². The van der Waals surface area contributed by atoms with Gasteiger partial charge in [0, 0.05) is 26.2 Å². The molecular weight excluding hydrogens is 270 g/mol. The molecule has 2 heterocycles. The second-order valence-electron chi connectivity index (χ2n) is 5.51. The number of rotatable bonds is 4. The fraction of sp³-hybridized carbons (Fsp3) is 0.467. The Bertz CT molecular complexity index is 534. The van der Waals surface area contributed by atoms with Crippen molar-refractivity contribution in [3.63, 3.8) is 0 Å². The Labute approximate surface area is 123 Å². The first-order valence-electron chi connectivity index (χ1n) is 7.21. The molecule has 2 amide bonds. The zero-order valence-electron chi connectivity index (χ0n) is 11.7. The maximum Gasteiger partial charge on any atom is 0.321 e. The number of hydrogen-bond acceptors (Lipinski definition) is 3. The second kappa shape index (κ2) is 5.73. The molecule has 0 spiro atoms. The summed E-state index contributed by atoms with van der Waals surface area (Å²) in [5.74, 6) is -0.889. The predicted molar refractivity (Wildman–Crippen MR) is 76.9 cm³/mol. The molecule has 2 fully saturated rings. The van der Waals surface area contributed by atoms with Crippen molar-refractivity contribution in [2.75, 3.05) is 26.2 Å². The summed E-state index contributed by atoms with van der Waals surface area (Å²) in [6.07, 6.45) is -0.0657. The van der Waals surface area contributed by atoms with Crippen molar-refractivity contribution in [2.24, 2.45) is 0 Å². The second-order valence-corrected chi connectivity index (χ2v) is 5.51. The standard InChI is InChI=1S/C15H19N3O3/c19-14(20)8-13(11-4-2-1-3-5-11)18-10-12-9-16-6-7-17(12)15(18)21/h1-5,12-13,16H,6-10H2,(H,19,20)/t12-,13?/m0/s1. The average Bonchev–Trinajstić information content (AvgIpc) is 2.83. The van der Waals surface area contributed by atoms with Crippen molar-refractivity contribution in [1.82, 2.24) is 15.1 Å². The smallest absolute Gasteiger partial charge is 0.321 e. The van der Waals surface area contributed by atoms with E-state index in [9.17, 15) is 14.7 Å². The monoisotopic (exact) mass is 289 g/mol. The summed E-state index contributed by atoms with van der Waals surface area (Å²) >= 11 is 0. The van der Waals surface area contributed by atoms with Crippen LogP contribution in [0.1, 0.15) is 18.0 Å². The minimum absolute atomic E-state index is 0.0448. The van der Waals surface area contributed by atoms with Gasteiger partial charge in [-0.15, -0.1) is 0 Å². The summed E-state index contributed by atoms with van der Waals surface area (Å²) in [5.41, 5.74) is 0.876. The molecule has 0 saturated carbocycles. The molecule has 1 aromatic rings. The van der Waals surface area contributed by atoms with Crippen LogP contribution in [-0.4, -0.2) is 59.1 Å². The van der Waals surface area contributed by atoms with E-state index in [1.807, 2.05) is 35.2 Å². The molecule has 3 rings (SSSR count). The number of nitrogens with zero attached hydrogens (tertiary/aromatic N) is 2. The van der Waals surface area contributed by atoms with E-state index in [0.717, 1.165) is 18.7 Å². The Morgan fingerprint density at radius 3 is 2.81 bits per heavy atom.